The van der Waals surface area contributed by atoms with E-state index in [4.69, 9.17) is 5.11 Å². The van der Waals surface area contributed by atoms with Crippen LogP contribution in [-0.2, 0) is 10.0 Å². The lowest BCUT2D eigenvalue weighted by Crippen LogP contribution is -2.26. The molecule has 0 amide bonds. The molecule has 15 heavy (non-hydrogen) atoms. The van der Waals surface area contributed by atoms with Crippen LogP contribution in [0.3, 0.4) is 0 Å². The quantitative estimate of drug-likeness (QED) is 0.683. The Morgan fingerprint density at radius 3 is 2.73 bits per heavy atom. The van der Waals surface area contributed by atoms with Gasteiger partial charge in [0.2, 0.25) is 10.0 Å². The molecule has 5 nitrogen and oxygen atoms in total. The summed E-state index contributed by atoms with van der Waals surface area (Å²) in [7, 11) is -3.62. The summed E-state index contributed by atoms with van der Waals surface area (Å²) in [5.74, 6) is 0. The Morgan fingerprint density at radius 1 is 1.40 bits per heavy atom. The first-order valence-electron chi connectivity index (χ1n) is 4.26. The number of aliphatic hydroxyl groups excluding tert-OH is 1. The Bertz CT molecular complexity index is 441. The van der Waals surface area contributed by atoms with Gasteiger partial charge in [0.15, 0.2) is 0 Å². The molecule has 1 rings (SSSR count). The topological polar surface area (TPSA) is 83.5 Å². The van der Waals surface area contributed by atoms with Crippen molar-refractivity contribution in [3.8, 4) is 0 Å². The molecule has 0 aliphatic carbocycles. The van der Waals surface area contributed by atoms with Crippen LogP contribution in [-0.4, -0.2) is 33.0 Å². The number of nitrogens with one attached hydrogen (secondary N) is 1. The van der Waals surface area contributed by atoms with Crippen LogP contribution in [0.25, 0.3) is 0 Å². The van der Waals surface area contributed by atoms with E-state index in [0.717, 1.165) is 0 Å². The maximum absolute atomic E-state index is 11.5. The predicted octanol–water partition coefficient (Wildman–Crippen LogP) is -0.230. The molecule has 2 N–H and O–H groups in total. The van der Waals surface area contributed by atoms with Gasteiger partial charge in [0.25, 0.3) is 0 Å². The third-order valence-electron chi connectivity index (χ3n) is 1.71. The molecule has 0 atom stereocenters. The van der Waals surface area contributed by atoms with Crippen LogP contribution in [0.5, 0.6) is 0 Å². The lowest BCUT2D eigenvalue weighted by Gasteiger charge is -2.05. The highest BCUT2D eigenvalue weighted by atomic mass is 32.2. The van der Waals surface area contributed by atoms with Crippen LogP contribution in [0.1, 0.15) is 10.4 Å². The standard InChI is InChI=1S/C9H11NO4S/c11-5-4-10-15(13,14)9-3-1-2-8(6-9)7-12/h1-3,6-7,10-11H,4-5H2. The molecule has 0 bridgehead atoms. The van der Waals surface area contributed by atoms with Crippen LogP contribution in [0, 0.1) is 0 Å². The summed E-state index contributed by atoms with van der Waals surface area (Å²) in [6.45, 7) is -0.319. The average molecular weight is 229 g/mol. The molecular formula is C9H11NO4S. The Morgan fingerprint density at radius 2 is 2.13 bits per heavy atom. The average Bonchev–Trinajstić information content (AvgIpc) is 2.26. The zero-order chi connectivity index (χ0) is 11.3. The molecule has 0 saturated carbocycles. The molecular weight excluding hydrogens is 218 g/mol. The van der Waals surface area contributed by atoms with E-state index < -0.39 is 10.0 Å². The zero-order valence-electron chi connectivity index (χ0n) is 7.88. The van der Waals surface area contributed by atoms with Crippen LogP contribution in [0.15, 0.2) is 29.2 Å². The number of benzene rings is 1. The van der Waals surface area contributed by atoms with Gasteiger partial charge in [-0.3, -0.25) is 4.79 Å². The van der Waals surface area contributed by atoms with Crippen molar-refractivity contribution in [2.24, 2.45) is 0 Å². The van der Waals surface area contributed by atoms with Crippen molar-refractivity contribution in [1.82, 2.24) is 4.72 Å². The van der Waals surface area contributed by atoms with Gasteiger partial charge in [-0.1, -0.05) is 12.1 Å². The van der Waals surface area contributed by atoms with E-state index in [1.54, 1.807) is 0 Å². The SMILES string of the molecule is O=Cc1cccc(S(=O)(=O)NCCO)c1. The summed E-state index contributed by atoms with van der Waals surface area (Å²) in [6.07, 6.45) is 0.574. The summed E-state index contributed by atoms with van der Waals surface area (Å²) in [6, 6.07) is 5.65. The second kappa shape index (κ2) is 5.01. The largest absolute Gasteiger partial charge is 0.395 e. The van der Waals surface area contributed by atoms with Gasteiger partial charge in [0.05, 0.1) is 11.5 Å². The fraction of sp³-hybridized carbons (Fsp3) is 0.222. The summed E-state index contributed by atoms with van der Waals surface area (Å²) >= 11 is 0. The van der Waals surface area contributed by atoms with Crippen LogP contribution in [0.2, 0.25) is 0 Å². The number of hydrogen-bond donors (Lipinski definition) is 2. The fourth-order valence-corrected chi connectivity index (χ4v) is 2.09. The molecule has 6 heteroatoms. The fourth-order valence-electron chi connectivity index (χ4n) is 1.02. The van der Waals surface area contributed by atoms with Gasteiger partial charge >= 0.3 is 0 Å². The molecule has 0 aliphatic heterocycles. The van der Waals surface area contributed by atoms with Crippen LogP contribution >= 0.6 is 0 Å². The highest BCUT2D eigenvalue weighted by molar-refractivity contribution is 7.89. The Balaban J connectivity index is 2.99. The number of carbonyl (C=O) groups excluding carboxylic acids is 1. The third-order valence-corrected chi connectivity index (χ3v) is 3.17. The maximum atomic E-state index is 11.5. The molecule has 0 fully saturated rings. The number of rotatable bonds is 5. The number of hydrogen-bond acceptors (Lipinski definition) is 4. The molecule has 0 spiro atoms. The first kappa shape index (κ1) is 11.8. The molecule has 0 aromatic heterocycles. The molecule has 1 aromatic rings. The molecule has 0 aliphatic rings. The van der Waals surface area contributed by atoms with Crippen molar-refractivity contribution in [2.45, 2.75) is 4.90 Å². The van der Waals surface area contributed by atoms with Crippen LogP contribution in [0.4, 0.5) is 0 Å². The van der Waals surface area contributed by atoms with Crippen molar-refractivity contribution in [3.05, 3.63) is 29.8 Å². The summed E-state index contributed by atoms with van der Waals surface area (Å²) < 4.78 is 25.2. The smallest absolute Gasteiger partial charge is 0.240 e. The van der Waals surface area contributed by atoms with Gasteiger partial charge in [-0.15, -0.1) is 0 Å². The number of carbonyl (C=O) groups is 1. The second-order valence-corrected chi connectivity index (χ2v) is 4.58. The summed E-state index contributed by atoms with van der Waals surface area (Å²) in [5.41, 5.74) is 0.293. The number of aldehydes is 1. The van der Waals surface area contributed by atoms with E-state index in [1.165, 1.54) is 24.3 Å². The monoisotopic (exact) mass is 229 g/mol. The minimum Gasteiger partial charge on any atom is -0.395 e. The first-order chi connectivity index (χ1) is 7.10. The molecule has 82 valence electrons. The maximum Gasteiger partial charge on any atom is 0.240 e. The zero-order valence-corrected chi connectivity index (χ0v) is 8.70. The summed E-state index contributed by atoms with van der Waals surface area (Å²) in [5, 5.41) is 8.49. The van der Waals surface area contributed by atoms with E-state index in [-0.39, 0.29) is 18.0 Å². The van der Waals surface area contributed by atoms with Crippen molar-refractivity contribution in [3.63, 3.8) is 0 Å². The van der Waals surface area contributed by atoms with E-state index >= 15 is 0 Å². The number of sulfonamides is 1. The Kier molecular flexibility index (Phi) is 3.96. The molecule has 0 heterocycles. The van der Waals surface area contributed by atoms with Crippen molar-refractivity contribution in [2.75, 3.05) is 13.2 Å². The van der Waals surface area contributed by atoms with Crippen LogP contribution < -0.4 is 4.72 Å². The van der Waals surface area contributed by atoms with E-state index in [2.05, 4.69) is 4.72 Å². The Hall–Kier alpha value is -1.24. The van der Waals surface area contributed by atoms with Gasteiger partial charge in [-0.25, -0.2) is 13.1 Å². The lowest BCUT2D eigenvalue weighted by atomic mass is 10.2. The summed E-state index contributed by atoms with van der Waals surface area (Å²) in [4.78, 5) is 10.5. The second-order valence-electron chi connectivity index (χ2n) is 2.81. The lowest BCUT2D eigenvalue weighted by molar-refractivity contribution is 0.112. The van der Waals surface area contributed by atoms with Gasteiger partial charge in [-0.05, 0) is 12.1 Å². The highest BCUT2D eigenvalue weighted by Crippen LogP contribution is 2.09. The molecule has 0 unspecified atom stereocenters. The highest BCUT2D eigenvalue weighted by Gasteiger charge is 2.12. The van der Waals surface area contributed by atoms with E-state index in [1.807, 2.05) is 0 Å². The van der Waals surface area contributed by atoms with Gasteiger partial charge in [-0.2, -0.15) is 0 Å². The molecule has 0 radical (unpaired) electrons. The van der Waals surface area contributed by atoms with Gasteiger partial charge in [0.1, 0.15) is 6.29 Å². The van der Waals surface area contributed by atoms with Crippen molar-refractivity contribution in [1.29, 1.82) is 0 Å². The van der Waals surface area contributed by atoms with E-state index in [0.29, 0.717) is 11.8 Å². The van der Waals surface area contributed by atoms with E-state index in [9.17, 15) is 13.2 Å². The predicted molar refractivity (Wildman–Crippen MR) is 54.1 cm³/mol. The minimum atomic E-state index is -3.62. The number of aliphatic hydroxyl groups is 1. The van der Waals surface area contributed by atoms with Crippen molar-refractivity contribution >= 4 is 16.3 Å². The van der Waals surface area contributed by atoms with Gasteiger partial charge in [0, 0.05) is 12.1 Å². The molecule has 0 saturated heterocycles. The minimum absolute atomic E-state index is 0.0144. The Labute approximate surface area is 87.8 Å². The van der Waals surface area contributed by atoms with Gasteiger partial charge < -0.3 is 5.11 Å². The van der Waals surface area contributed by atoms with Crippen molar-refractivity contribution < 1.29 is 18.3 Å². The molecule has 1 aromatic carbocycles. The normalized spacial score (nSPS) is 11.3. The first-order valence-corrected chi connectivity index (χ1v) is 5.74. The third kappa shape index (κ3) is 3.12.